The van der Waals surface area contributed by atoms with Gasteiger partial charge in [0, 0.05) is 6.61 Å². The van der Waals surface area contributed by atoms with Crippen LogP contribution in [0.4, 0.5) is 0 Å². The van der Waals surface area contributed by atoms with Gasteiger partial charge in [-0.2, -0.15) is 0 Å². The zero-order valence-corrected chi connectivity index (χ0v) is 11.3. The Kier molecular flexibility index (Phi) is 7.06. The van der Waals surface area contributed by atoms with Crippen molar-refractivity contribution >= 4 is 0 Å². The molecule has 1 aliphatic carbocycles. The van der Waals surface area contributed by atoms with Crippen molar-refractivity contribution in [3.63, 3.8) is 0 Å². The van der Waals surface area contributed by atoms with Crippen LogP contribution in [0, 0.1) is 11.8 Å². The molecule has 0 amide bonds. The van der Waals surface area contributed by atoms with Gasteiger partial charge in [-0.15, -0.1) is 0 Å². The summed E-state index contributed by atoms with van der Waals surface area (Å²) in [6.07, 6.45) is 7.34. The molecule has 2 heteroatoms. The van der Waals surface area contributed by atoms with Gasteiger partial charge in [-0.05, 0) is 51.1 Å². The van der Waals surface area contributed by atoms with Crippen LogP contribution in [0.15, 0.2) is 0 Å². The van der Waals surface area contributed by atoms with Crippen LogP contribution in [0.5, 0.6) is 0 Å². The molecular formula is C14H29NO. The first-order valence-corrected chi connectivity index (χ1v) is 7.06. The van der Waals surface area contributed by atoms with E-state index in [2.05, 4.69) is 26.1 Å². The van der Waals surface area contributed by atoms with Gasteiger partial charge in [-0.3, -0.25) is 0 Å². The average Bonchev–Trinajstić information content (AvgIpc) is 2.75. The Bertz CT molecular complexity index is 164. The number of hydrogen-bond acceptors (Lipinski definition) is 2. The molecule has 0 bridgehead atoms. The molecule has 0 aliphatic heterocycles. The molecule has 16 heavy (non-hydrogen) atoms. The Hall–Kier alpha value is -0.0800. The van der Waals surface area contributed by atoms with Gasteiger partial charge in [0.05, 0.1) is 6.10 Å². The Labute approximate surface area is 101 Å². The van der Waals surface area contributed by atoms with Crippen molar-refractivity contribution in [3.8, 4) is 0 Å². The zero-order valence-electron chi connectivity index (χ0n) is 11.3. The van der Waals surface area contributed by atoms with Crippen molar-refractivity contribution in [1.29, 1.82) is 0 Å². The molecule has 1 rings (SSSR count). The lowest BCUT2D eigenvalue weighted by Crippen LogP contribution is -2.28. The number of ether oxygens (including phenoxy) is 1. The fourth-order valence-electron chi connectivity index (χ4n) is 2.59. The third-order valence-corrected chi connectivity index (χ3v) is 3.64. The summed E-state index contributed by atoms with van der Waals surface area (Å²) in [5, 5.41) is 3.59. The van der Waals surface area contributed by atoms with Gasteiger partial charge in [0.15, 0.2) is 0 Å². The Morgan fingerprint density at radius 2 is 1.94 bits per heavy atom. The van der Waals surface area contributed by atoms with Crippen LogP contribution < -0.4 is 5.32 Å². The topological polar surface area (TPSA) is 21.3 Å². The van der Waals surface area contributed by atoms with E-state index in [4.69, 9.17) is 4.74 Å². The van der Waals surface area contributed by atoms with E-state index in [0.29, 0.717) is 12.0 Å². The fraction of sp³-hybridized carbons (Fsp3) is 1.00. The summed E-state index contributed by atoms with van der Waals surface area (Å²) < 4.78 is 5.74. The molecule has 1 saturated carbocycles. The molecule has 0 aromatic heterocycles. The van der Waals surface area contributed by atoms with Gasteiger partial charge in [0.2, 0.25) is 0 Å². The second-order valence-electron chi connectivity index (χ2n) is 5.38. The Balaban J connectivity index is 2.03. The van der Waals surface area contributed by atoms with E-state index in [1.807, 2.05) is 0 Å². The quantitative estimate of drug-likeness (QED) is 0.643. The van der Waals surface area contributed by atoms with E-state index in [1.54, 1.807) is 0 Å². The van der Waals surface area contributed by atoms with E-state index in [9.17, 15) is 0 Å². The SMILES string of the molecule is CCOC(CCNCC1CCCC1)C(C)C. The lowest BCUT2D eigenvalue weighted by molar-refractivity contribution is 0.0250. The molecule has 1 aliphatic rings. The number of hydrogen-bond donors (Lipinski definition) is 1. The second kappa shape index (κ2) is 8.08. The monoisotopic (exact) mass is 227 g/mol. The standard InChI is InChI=1S/C14H29NO/c1-4-16-14(12(2)3)9-10-15-11-13-7-5-6-8-13/h12-15H,4-11H2,1-3H3. The minimum absolute atomic E-state index is 0.432. The molecule has 0 spiro atoms. The molecule has 96 valence electrons. The van der Waals surface area contributed by atoms with Crippen molar-refractivity contribution in [2.75, 3.05) is 19.7 Å². The van der Waals surface area contributed by atoms with Crippen LogP contribution in [-0.4, -0.2) is 25.8 Å². The summed E-state index contributed by atoms with van der Waals surface area (Å²) in [6.45, 7) is 9.75. The molecule has 0 aromatic rings. The molecule has 0 radical (unpaired) electrons. The molecule has 0 aromatic carbocycles. The van der Waals surface area contributed by atoms with Crippen LogP contribution in [0.2, 0.25) is 0 Å². The van der Waals surface area contributed by atoms with E-state index in [1.165, 1.54) is 32.2 Å². The van der Waals surface area contributed by atoms with Gasteiger partial charge in [-0.25, -0.2) is 0 Å². The summed E-state index contributed by atoms with van der Waals surface area (Å²) in [5.41, 5.74) is 0. The second-order valence-corrected chi connectivity index (χ2v) is 5.38. The van der Waals surface area contributed by atoms with Crippen LogP contribution in [-0.2, 0) is 4.74 Å². The van der Waals surface area contributed by atoms with E-state index in [0.717, 1.165) is 25.5 Å². The Morgan fingerprint density at radius 1 is 1.25 bits per heavy atom. The summed E-state index contributed by atoms with van der Waals surface area (Å²) in [7, 11) is 0. The molecule has 0 saturated heterocycles. The van der Waals surface area contributed by atoms with Crippen LogP contribution in [0.3, 0.4) is 0 Å². The molecule has 1 unspecified atom stereocenters. The van der Waals surface area contributed by atoms with Gasteiger partial charge >= 0.3 is 0 Å². The normalized spacial score (nSPS) is 19.5. The first-order chi connectivity index (χ1) is 7.74. The highest BCUT2D eigenvalue weighted by Gasteiger charge is 2.15. The summed E-state index contributed by atoms with van der Waals surface area (Å²) >= 11 is 0. The highest BCUT2D eigenvalue weighted by Crippen LogP contribution is 2.23. The lowest BCUT2D eigenvalue weighted by Gasteiger charge is -2.21. The minimum Gasteiger partial charge on any atom is -0.378 e. The highest BCUT2D eigenvalue weighted by molar-refractivity contribution is 4.70. The average molecular weight is 227 g/mol. The highest BCUT2D eigenvalue weighted by atomic mass is 16.5. The van der Waals surface area contributed by atoms with Crippen molar-refractivity contribution < 1.29 is 4.74 Å². The third-order valence-electron chi connectivity index (χ3n) is 3.64. The largest absolute Gasteiger partial charge is 0.378 e. The first kappa shape index (κ1) is 14.0. The first-order valence-electron chi connectivity index (χ1n) is 7.06. The molecule has 0 heterocycles. The van der Waals surface area contributed by atoms with E-state index >= 15 is 0 Å². The fourth-order valence-corrected chi connectivity index (χ4v) is 2.59. The third kappa shape index (κ3) is 5.31. The number of nitrogens with one attached hydrogen (secondary N) is 1. The molecule has 1 N–H and O–H groups in total. The van der Waals surface area contributed by atoms with Gasteiger partial charge < -0.3 is 10.1 Å². The molecule has 2 nitrogen and oxygen atoms in total. The minimum atomic E-state index is 0.432. The van der Waals surface area contributed by atoms with Gasteiger partial charge in [-0.1, -0.05) is 26.7 Å². The smallest absolute Gasteiger partial charge is 0.0609 e. The van der Waals surface area contributed by atoms with Crippen LogP contribution >= 0.6 is 0 Å². The van der Waals surface area contributed by atoms with E-state index in [-0.39, 0.29) is 0 Å². The maximum Gasteiger partial charge on any atom is 0.0609 e. The van der Waals surface area contributed by atoms with E-state index < -0.39 is 0 Å². The predicted octanol–water partition coefficient (Wildman–Crippen LogP) is 3.22. The zero-order chi connectivity index (χ0) is 11.8. The maximum absolute atomic E-state index is 5.74. The summed E-state index contributed by atoms with van der Waals surface area (Å²) in [6, 6.07) is 0. The van der Waals surface area contributed by atoms with Gasteiger partial charge in [0.1, 0.15) is 0 Å². The lowest BCUT2D eigenvalue weighted by atomic mass is 10.0. The van der Waals surface area contributed by atoms with Crippen molar-refractivity contribution in [2.24, 2.45) is 11.8 Å². The number of rotatable bonds is 8. The summed E-state index contributed by atoms with van der Waals surface area (Å²) in [4.78, 5) is 0. The van der Waals surface area contributed by atoms with Crippen molar-refractivity contribution in [3.05, 3.63) is 0 Å². The molecule has 1 atom stereocenters. The molecular weight excluding hydrogens is 198 g/mol. The summed E-state index contributed by atoms with van der Waals surface area (Å²) in [5.74, 6) is 1.58. The van der Waals surface area contributed by atoms with Gasteiger partial charge in [0.25, 0.3) is 0 Å². The maximum atomic E-state index is 5.74. The predicted molar refractivity (Wildman–Crippen MR) is 69.7 cm³/mol. The van der Waals surface area contributed by atoms with Crippen LogP contribution in [0.1, 0.15) is 52.9 Å². The van der Waals surface area contributed by atoms with Crippen LogP contribution in [0.25, 0.3) is 0 Å². The van der Waals surface area contributed by atoms with Crippen molar-refractivity contribution in [2.45, 2.75) is 59.0 Å². The Morgan fingerprint density at radius 3 is 2.50 bits per heavy atom. The molecule has 1 fully saturated rings. The van der Waals surface area contributed by atoms with Crippen molar-refractivity contribution in [1.82, 2.24) is 5.32 Å².